The fraction of sp³-hybridized carbons (Fsp3) is 0.167. The van der Waals surface area contributed by atoms with E-state index in [2.05, 4.69) is 0 Å². The molecule has 6 heteroatoms. The quantitative estimate of drug-likeness (QED) is 0.286. The summed E-state index contributed by atoms with van der Waals surface area (Å²) < 4.78 is 18.9. The van der Waals surface area contributed by atoms with Gasteiger partial charge >= 0.3 is 5.97 Å². The van der Waals surface area contributed by atoms with Crippen molar-refractivity contribution in [3.63, 3.8) is 0 Å². The average molecular weight is 424 g/mol. The summed E-state index contributed by atoms with van der Waals surface area (Å²) in [6.07, 6.45) is 0.159. The molecule has 0 radical (unpaired) electrons. The third-order valence-corrected chi connectivity index (χ3v) is 5.51. The molecule has 0 unspecified atom stereocenters. The van der Waals surface area contributed by atoms with Crippen molar-refractivity contribution in [1.82, 2.24) is 0 Å². The van der Waals surface area contributed by atoms with Crippen molar-refractivity contribution < 1.29 is 18.7 Å². The van der Waals surface area contributed by atoms with Gasteiger partial charge in [0.15, 0.2) is 0 Å². The third kappa shape index (κ3) is 5.70. The van der Waals surface area contributed by atoms with Gasteiger partial charge < -0.3 is 9.64 Å². The van der Waals surface area contributed by atoms with Crippen LogP contribution in [0.3, 0.4) is 0 Å². The summed E-state index contributed by atoms with van der Waals surface area (Å²) in [7, 11) is 1.70. The SMILES string of the molecule is Cc1ccc(C(=O)N(C)c2ccc(OC(=O)CCSc3ccccc3F)cc2)cc1. The summed E-state index contributed by atoms with van der Waals surface area (Å²) in [4.78, 5) is 26.7. The molecule has 30 heavy (non-hydrogen) atoms. The van der Waals surface area contributed by atoms with E-state index < -0.39 is 5.97 Å². The maximum absolute atomic E-state index is 13.6. The van der Waals surface area contributed by atoms with Gasteiger partial charge in [-0.25, -0.2) is 4.39 Å². The van der Waals surface area contributed by atoms with Crippen molar-refractivity contribution >= 4 is 29.3 Å². The van der Waals surface area contributed by atoms with Crippen LogP contribution in [-0.2, 0) is 4.79 Å². The lowest BCUT2D eigenvalue weighted by Gasteiger charge is -2.18. The molecule has 0 aliphatic rings. The van der Waals surface area contributed by atoms with Crippen LogP contribution in [0.2, 0.25) is 0 Å². The number of carbonyl (C=O) groups excluding carboxylic acids is 2. The number of hydrogen-bond donors (Lipinski definition) is 0. The molecule has 3 rings (SSSR count). The number of amides is 1. The maximum Gasteiger partial charge on any atom is 0.312 e. The highest BCUT2D eigenvalue weighted by molar-refractivity contribution is 7.99. The zero-order valence-electron chi connectivity index (χ0n) is 16.8. The van der Waals surface area contributed by atoms with Gasteiger partial charge in [-0.05, 0) is 55.5 Å². The molecule has 4 nitrogen and oxygen atoms in total. The van der Waals surface area contributed by atoms with Gasteiger partial charge in [0.05, 0.1) is 6.42 Å². The molecule has 0 heterocycles. The topological polar surface area (TPSA) is 46.6 Å². The van der Waals surface area contributed by atoms with Gasteiger partial charge in [0.25, 0.3) is 5.91 Å². The van der Waals surface area contributed by atoms with Gasteiger partial charge in [-0.1, -0.05) is 29.8 Å². The predicted molar refractivity (Wildman–Crippen MR) is 118 cm³/mol. The van der Waals surface area contributed by atoms with Gasteiger partial charge in [0.2, 0.25) is 0 Å². The Morgan fingerprint density at radius 2 is 1.63 bits per heavy atom. The first-order chi connectivity index (χ1) is 14.4. The summed E-state index contributed by atoms with van der Waals surface area (Å²) in [5.41, 5.74) is 2.38. The number of esters is 1. The van der Waals surface area contributed by atoms with Gasteiger partial charge in [-0.2, -0.15) is 0 Å². The molecular weight excluding hydrogens is 401 g/mol. The van der Waals surface area contributed by atoms with E-state index in [9.17, 15) is 14.0 Å². The normalized spacial score (nSPS) is 10.5. The number of ether oxygens (including phenoxy) is 1. The largest absolute Gasteiger partial charge is 0.427 e. The molecule has 0 aliphatic carbocycles. The van der Waals surface area contributed by atoms with Crippen LogP contribution in [0, 0.1) is 12.7 Å². The van der Waals surface area contributed by atoms with E-state index in [1.807, 2.05) is 19.1 Å². The summed E-state index contributed by atoms with van der Waals surface area (Å²) in [5, 5.41) is 0. The first-order valence-corrected chi connectivity index (χ1v) is 10.5. The highest BCUT2D eigenvalue weighted by Gasteiger charge is 2.14. The zero-order chi connectivity index (χ0) is 21.5. The van der Waals surface area contributed by atoms with Crippen LogP contribution in [0.25, 0.3) is 0 Å². The molecule has 154 valence electrons. The first kappa shape index (κ1) is 21.6. The molecule has 0 saturated heterocycles. The van der Waals surface area contributed by atoms with E-state index in [0.717, 1.165) is 5.56 Å². The first-order valence-electron chi connectivity index (χ1n) is 9.47. The number of carbonyl (C=O) groups is 2. The number of thioether (sulfide) groups is 1. The Kier molecular flexibility index (Phi) is 7.25. The Morgan fingerprint density at radius 1 is 0.967 bits per heavy atom. The van der Waals surface area contributed by atoms with Gasteiger partial charge in [0, 0.05) is 28.9 Å². The zero-order valence-corrected chi connectivity index (χ0v) is 17.6. The monoisotopic (exact) mass is 423 g/mol. The van der Waals surface area contributed by atoms with Gasteiger partial charge in [0.1, 0.15) is 11.6 Å². The Labute approximate surface area is 179 Å². The van der Waals surface area contributed by atoms with Gasteiger partial charge in [-0.3, -0.25) is 9.59 Å². The number of halogens is 1. The predicted octanol–water partition coefficient (Wildman–Crippen LogP) is 5.50. The van der Waals surface area contributed by atoms with E-state index in [-0.39, 0.29) is 18.1 Å². The molecule has 3 aromatic carbocycles. The minimum absolute atomic E-state index is 0.120. The fourth-order valence-electron chi connectivity index (χ4n) is 2.73. The van der Waals surface area contributed by atoms with Crippen LogP contribution in [0.1, 0.15) is 22.3 Å². The standard InChI is InChI=1S/C24H22FNO3S/c1-17-7-9-18(10-8-17)24(28)26(2)19-11-13-20(14-12-19)29-23(27)15-16-30-22-6-4-3-5-21(22)25/h3-14H,15-16H2,1-2H3. The minimum atomic E-state index is -0.393. The summed E-state index contributed by atoms with van der Waals surface area (Å²) in [6, 6.07) is 20.6. The van der Waals surface area contributed by atoms with Crippen molar-refractivity contribution in [3.8, 4) is 5.75 Å². The van der Waals surface area contributed by atoms with E-state index in [0.29, 0.717) is 27.6 Å². The smallest absolute Gasteiger partial charge is 0.312 e. The molecule has 0 atom stereocenters. The summed E-state index contributed by atoms with van der Waals surface area (Å²) in [6.45, 7) is 1.97. The van der Waals surface area contributed by atoms with Crippen molar-refractivity contribution in [2.45, 2.75) is 18.2 Å². The number of anilines is 1. The van der Waals surface area contributed by atoms with Gasteiger partial charge in [-0.15, -0.1) is 11.8 Å². The van der Waals surface area contributed by atoms with Crippen LogP contribution in [0.5, 0.6) is 5.75 Å². The Bertz CT molecular complexity index is 1020. The lowest BCUT2D eigenvalue weighted by molar-refractivity contribution is -0.133. The molecule has 0 fully saturated rings. The minimum Gasteiger partial charge on any atom is -0.427 e. The second kappa shape index (κ2) is 10.1. The lowest BCUT2D eigenvalue weighted by atomic mass is 10.1. The number of rotatable bonds is 7. The Balaban J connectivity index is 1.52. The number of nitrogens with zero attached hydrogens (tertiary/aromatic N) is 1. The average Bonchev–Trinajstić information content (AvgIpc) is 2.75. The molecule has 0 aliphatic heterocycles. The van der Waals surface area contributed by atoms with Crippen LogP contribution < -0.4 is 9.64 Å². The molecule has 0 saturated carbocycles. The lowest BCUT2D eigenvalue weighted by Crippen LogP contribution is -2.26. The molecule has 3 aromatic rings. The number of aryl methyl sites for hydroxylation is 1. The summed E-state index contributed by atoms with van der Waals surface area (Å²) >= 11 is 1.27. The number of hydrogen-bond acceptors (Lipinski definition) is 4. The van der Waals surface area contributed by atoms with Crippen LogP contribution >= 0.6 is 11.8 Å². The molecule has 0 bridgehead atoms. The second-order valence-corrected chi connectivity index (χ2v) is 7.86. The highest BCUT2D eigenvalue weighted by atomic mass is 32.2. The molecule has 0 aromatic heterocycles. The fourth-order valence-corrected chi connectivity index (χ4v) is 3.60. The Hall–Kier alpha value is -3.12. The van der Waals surface area contributed by atoms with Crippen molar-refractivity contribution in [3.05, 3.63) is 89.7 Å². The molecule has 1 amide bonds. The number of benzene rings is 3. The second-order valence-electron chi connectivity index (χ2n) is 6.73. The van der Waals surface area contributed by atoms with Crippen molar-refractivity contribution in [2.75, 3.05) is 17.7 Å². The van der Waals surface area contributed by atoms with E-state index in [4.69, 9.17) is 4.74 Å². The summed E-state index contributed by atoms with van der Waals surface area (Å²) in [5.74, 6) is 0.0122. The van der Waals surface area contributed by atoms with Crippen molar-refractivity contribution in [2.24, 2.45) is 0 Å². The van der Waals surface area contributed by atoms with Crippen LogP contribution in [-0.4, -0.2) is 24.7 Å². The van der Waals surface area contributed by atoms with E-state index in [1.165, 1.54) is 17.8 Å². The molecular formula is C24H22FNO3S. The van der Waals surface area contributed by atoms with E-state index in [1.54, 1.807) is 66.5 Å². The molecule has 0 spiro atoms. The van der Waals surface area contributed by atoms with Crippen LogP contribution in [0.4, 0.5) is 10.1 Å². The highest BCUT2D eigenvalue weighted by Crippen LogP contribution is 2.23. The van der Waals surface area contributed by atoms with Crippen LogP contribution in [0.15, 0.2) is 77.7 Å². The molecule has 0 N–H and O–H groups in total. The maximum atomic E-state index is 13.6. The third-order valence-electron chi connectivity index (χ3n) is 4.46. The van der Waals surface area contributed by atoms with Crippen molar-refractivity contribution in [1.29, 1.82) is 0 Å². The Morgan fingerprint density at radius 3 is 2.30 bits per heavy atom. The van der Waals surface area contributed by atoms with E-state index >= 15 is 0 Å².